The zero-order chi connectivity index (χ0) is 14.6. The number of nitrogens with zero attached hydrogens (tertiary/aromatic N) is 1. The highest BCUT2D eigenvalue weighted by atomic mass is 19.3. The van der Waals surface area contributed by atoms with Gasteiger partial charge in [-0.15, -0.1) is 0 Å². The van der Waals surface area contributed by atoms with Crippen LogP contribution in [0.5, 0.6) is 11.5 Å². The van der Waals surface area contributed by atoms with Gasteiger partial charge >= 0.3 is 11.8 Å². The van der Waals surface area contributed by atoms with E-state index < -0.39 is 17.9 Å². The molecule has 1 amide bonds. The Morgan fingerprint density at radius 2 is 2.00 bits per heavy atom. The number of fused-ring (bicyclic) bond motifs is 1. The van der Waals surface area contributed by atoms with Gasteiger partial charge in [0.15, 0.2) is 17.5 Å². The van der Waals surface area contributed by atoms with Crippen molar-refractivity contribution in [1.82, 2.24) is 0 Å². The van der Waals surface area contributed by atoms with Crippen LogP contribution >= 0.6 is 0 Å². The minimum atomic E-state index is -3.48. The lowest BCUT2D eigenvalue weighted by Gasteiger charge is -2.45. The fourth-order valence-corrected chi connectivity index (χ4v) is 2.54. The van der Waals surface area contributed by atoms with Crippen LogP contribution in [-0.4, -0.2) is 18.6 Å². The monoisotopic (exact) mass is 293 g/mol. The van der Waals surface area contributed by atoms with Gasteiger partial charge in [0.2, 0.25) is 6.79 Å². The number of anilines is 1. The normalized spacial score (nSPS) is 22.3. The second kappa shape index (κ2) is 3.97. The number of rotatable bonds is 2. The Hall–Kier alpha value is -2.57. The zero-order valence-corrected chi connectivity index (χ0v) is 10.6. The Kier molecular flexibility index (Phi) is 2.30. The van der Waals surface area contributed by atoms with Gasteiger partial charge in [0.25, 0.3) is 0 Å². The molecule has 2 aliphatic heterocycles. The molecule has 1 aromatic heterocycles. The zero-order valence-electron chi connectivity index (χ0n) is 10.6. The van der Waals surface area contributed by atoms with Gasteiger partial charge in [-0.1, -0.05) is 0 Å². The first kappa shape index (κ1) is 12.2. The molecule has 5 nitrogen and oxygen atoms in total. The number of hydrogen-bond donors (Lipinski definition) is 0. The number of hydrogen-bond acceptors (Lipinski definition) is 4. The first-order valence-electron chi connectivity index (χ1n) is 6.23. The van der Waals surface area contributed by atoms with Crippen molar-refractivity contribution in [2.24, 2.45) is 0 Å². The van der Waals surface area contributed by atoms with Crippen LogP contribution in [0.15, 0.2) is 41.0 Å². The summed E-state index contributed by atoms with van der Waals surface area (Å²) in [7, 11) is 0. The Bertz CT molecular complexity index is 714. The van der Waals surface area contributed by atoms with Crippen molar-refractivity contribution in [3.05, 3.63) is 42.4 Å². The van der Waals surface area contributed by atoms with Crippen LogP contribution in [-0.2, 0) is 4.79 Å². The molecule has 0 saturated carbocycles. The van der Waals surface area contributed by atoms with Crippen LogP contribution in [0.3, 0.4) is 0 Å². The van der Waals surface area contributed by atoms with Crippen LogP contribution in [0.1, 0.15) is 11.8 Å². The number of amides is 1. The summed E-state index contributed by atoms with van der Waals surface area (Å²) in [5.74, 6) is -3.75. The minimum Gasteiger partial charge on any atom is -0.467 e. The molecule has 0 bridgehead atoms. The van der Waals surface area contributed by atoms with Gasteiger partial charge in [0.05, 0.1) is 6.26 Å². The van der Waals surface area contributed by atoms with Crippen molar-refractivity contribution in [1.29, 1.82) is 0 Å². The molecule has 2 aromatic rings. The summed E-state index contributed by atoms with van der Waals surface area (Å²) in [4.78, 5) is 12.8. The van der Waals surface area contributed by atoms with Gasteiger partial charge in [0, 0.05) is 11.8 Å². The van der Waals surface area contributed by atoms with Gasteiger partial charge in [-0.05, 0) is 24.3 Å². The lowest BCUT2D eigenvalue weighted by molar-refractivity contribution is -0.164. The van der Waals surface area contributed by atoms with Crippen molar-refractivity contribution in [3.8, 4) is 11.5 Å². The highest BCUT2D eigenvalue weighted by Crippen LogP contribution is 2.51. The fourth-order valence-electron chi connectivity index (χ4n) is 2.54. The first-order valence-corrected chi connectivity index (χ1v) is 6.23. The third kappa shape index (κ3) is 1.57. The lowest BCUT2D eigenvalue weighted by Crippen LogP contribution is -2.64. The molecule has 4 rings (SSSR count). The highest BCUT2D eigenvalue weighted by Gasteiger charge is 2.66. The maximum Gasteiger partial charge on any atom is 0.352 e. The number of ether oxygens (including phenoxy) is 2. The van der Waals surface area contributed by atoms with E-state index in [4.69, 9.17) is 13.9 Å². The third-order valence-electron chi connectivity index (χ3n) is 3.55. The fraction of sp³-hybridized carbons (Fsp3) is 0.214. The molecule has 0 spiro atoms. The molecule has 2 aliphatic rings. The Balaban J connectivity index is 1.75. The number of benzene rings is 1. The molecule has 1 aromatic carbocycles. The Morgan fingerprint density at radius 1 is 1.19 bits per heavy atom. The largest absolute Gasteiger partial charge is 0.467 e. The van der Waals surface area contributed by atoms with Gasteiger partial charge in [-0.3, -0.25) is 9.69 Å². The molecule has 21 heavy (non-hydrogen) atoms. The number of carbonyl (C=O) groups excluding carboxylic acids is 1. The van der Waals surface area contributed by atoms with Crippen molar-refractivity contribution >= 4 is 11.6 Å². The molecule has 1 saturated heterocycles. The number of furan rings is 1. The van der Waals surface area contributed by atoms with E-state index >= 15 is 0 Å². The molecule has 7 heteroatoms. The van der Waals surface area contributed by atoms with Crippen LogP contribution < -0.4 is 14.4 Å². The van der Waals surface area contributed by atoms with E-state index in [1.807, 2.05) is 0 Å². The van der Waals surface area contributed by atoms with Gasteiger partial charge in [-0.2, -0.15) is 8.78 Å². The minimum absolute atomic E-state index is 0.0391. The molecule has 3 heterocycles. The van der Waals surface area contributed by atoms with Crippen molar-refractivity contribution in [2.75, 3.05) is 11.7 Å². The highest BCUT2D eigenvalue weighted by molar-refractivity contribution is 6.07. The van der Waals surface area contributed by atoms with Crippen LogP contribution in [0.2, 0.25) is 0 Å². The van der Waals surface area contributed by atoms with Gasteiger partial charge < -0.3 is 13.9 Å². The lowest BCUT2D eigenvalue weighted by atomic mass is 9.93. The molecular formula is C14H9F2NO4. The van der Waals surface area contributed by atoms with Gasteiger partial charge in [-0.25, -0.2) is 0 Å². The molecule has 0 radical (unpaired) electrons. The summed E-state index contributed by atoms with van der Waals surface area (Å²) >= 11 is 0. The maximum atomic E-state index is 13.9. The van der Waals surface area contributed by atoms with Crippen LogP contribution in [0, 0.1) is 0 Å². The van der Waals surface area contributed by atoms with Crippen molar-refractivity contribution < 1.29 is 27.5 Å². The summed E-state index contributed by atoms with van der Waals surface area (Å²) in [6, 6.07) is 6.11. The average Bonchev–Trinajstić information content (AvgIpc) is 3.13. The summed E-state index contributed by atoms with van der Waals surface area (Å²) < 4.78 is 43.1. The van der Waals surface area contributed by atoms with Crippen molar-refractivity contribution in [2.45, 2.75) is 12.0 Å². The number of β-lactam (4-membered cyclic amide) rings is 1. The summed E-state index contributed by atoms with van der Waals surface area (Å²) in [6.45, 7) is 0.0739. The predicted octanol–water partition coefficient (Wildman–Crippen LogP) is 2.73. The van der Waals surface area contributed by atoms with E-state index in [0.29, 0.717) is 17.2 Å². The van der Waals surface area contributed by atoms with Crippen LogP contribution in [0.25, 0.3) is 0 Å². The molecule has 0 N–H and O–H groups in total. The van der Waals surface area contributed by atoms with Crippen LogP contribution in [0.4, 0.5) is 14.5 Å². The third-order valence-corrected chi connectivity index (χ3v) is 3.55. The molecule has 1 atom stereocenters. The van der Waals surface area contributed by atoms with E-state index in [0.717, 1.165) is 4.90 Å². The SMILES string of the molecule is O=C1N(c2ccc3c(c2)OCO3)[C@H](c2ccco2)C1(F)F. The number of alkyl halides is 2. The summed E-state index contributed by atoms with van der Waals surface area (Å²) in [6.07, 6.45) is 1.30. The molecule has 0 aliphatic carbocycles. The van der Waals surface area contributed by atoms with E-state index in [1.165, 1.54) is 30.5 Å². The molecule has 108 valence electrons. The molecule has 0 unspecified atom stereocenters. The Morgan fingerprint density at radius 3 is 2.76 bits per heavy atom. The predicted molar refractivity (Wildman–Crippen MR) is 66.4 cm³/mol. The average molecular weight is 293 g/mol. The van der Waals surface area contributed by atoms with E-state index in [-0.39, 0.29) is 12.6 Å². The van der Waals surface area contributed by atoms with Crippen molar-refractivity contribution in [3.63, 3.8) is 0 Å². The number of carbonyl (C=O) groups is 1. The number of halogens is 2. The summed E-state index contributed by atoms with van der Waals surface area (Å²) in [5, 5.41) is 0. The summed E-state index contributed by atoms with van der Waals surface area (Å²) in [5.41, 5.74) is 0.316. The quantitative estimate of drug-likeness (QED) is 0.799. The molecular weight excluding hydrogens is 284 g/mol. The molecule has 1 fully saturated rings. The second-order valence-corrected chi connectivity index (χ2v) is 4.75. The van der Waals surface area contributed by atoms with Gasteiger partial charge in [0.1, 0.15) is 5.76 Å². The Labute approximate surface area is 117 Å². The van der Waals surface area contributed by atoms with E-state index in [9.17, 15) is 13.6 Å². The topological polar surface area (TPSA) is 51.9 Å². The van der Waals surface area contributed by atoms with E-state index in [1.54, 1.807) is 6.07 Å². The maximum absolute atomic E-state index is 13.9. The second-order valence-electron chi connectivity index (χ2n) is 4.75. The van der Waals surface area contributed by atoms with E-state index in [2.05, 4.69) is 0 Å². The standard InChI is InChI=1S/C14H9F2NO4/c15-14(16)12(10-2-1-5-19-10)17(13(14)18)8-3-4-9-11(6-8)21-7-20-9/h1-6,12H,7H2/t12-/m1/s1. The smallest absolute Gasteiger partial charge is 0.352 e. The first-order chi connectivity index (χ1) is 10.1.